The molecular formula is C16H20N4O5. The van der Waals surface area contributed by atoms with Gasteiger partial charge in [0.15, 0.2) is 0 Å². The first-order valence-electron chi connectivity index (χ1n) is 7.58. The zero-order chi connectivity index (χ0) is 18.7. The monoisotopic (exact) mass is 348 g/mol. The number of nitro groups is 1. The number of carbonyl (C=O) groups excluding carboxylic acids is 1. The molecule has 0 heterocycles. The Morgan fingerprint density at radius 3 is 2.84 bits per heavy atom. The van der Waals surface area contributed by atoms with Crippen LogP contribution in [0.4, 0.5) is 11.4 Å². The quantitative estimate of drug-likeness (QED) is 0.217. The Balaban J connectivity index is 2.72. The summed E-state index contributed by atoms with van der Waals surface area (Å²) in [7, 11) is 1.37. The number of nitrogens with one attached hydrogen (secondary N) is 2. The van der Waals surface area contributed by atoms with Crippen LogP contribution in [0, 0.1) is 21.4 Å². The van der Waals surface area contributed by atoms with Gasteiger partial charge in [-0.1, -0.05) is 0 Å². The molecule has 0 aliphatic rings. The maximum Gasteiger partial charge on any atom is 0.273 e. The SMILES string of the molecule is CCOCCCNC(=O)/C(C#N)=C\Nc1ccc([N+](=O)[O-])cc1OC. The molecule has 25 heavy (non-hydrogen) atoms. The zero-order valence-electron chi connectivity index (χ0n) is 14.1. The fourth-order valence-corrected chi connectivity index (χ4v) is 1.83. The van der Waals surface area contributed by atoms with Crippen LogP contribution in [0.2, 0.25) is 0 Å². The first kappa shape index (κ1) is 19.9. The minimum absolute atomic E-state index is 0.126. The van der Waals surface area contributed by atoms with Crippen molar-refractivity contribution in [2.24, 2.45) is 0 Å². The van der Waals surface area contributed by atoms with Gasteiger partial charge in [-0.3, -0.25) is 14.9 Å². The van der Waals surface area contributed by atoms with Gasteiger partial charge in [-0.25, -0.2) is 0 Å². The Kier molecular flexibility index (Phi) is 8.46. The smallest absolute Gasteiger partial charge is 0.273 e. The fraction of sp³-hybridized carbons (Fsp3) is 0.375. The Morgan fingerprint density at radius 2 is 2.24 bits per heavy atom. The van der Waals surface area contributed by atoms with E-state index in [9.17, 15) is 14.9 Å². The molecule has 9 heteroatoms. The number of nitro benzene ring substituents is 1. The van der Waals surface area contributed by atoms with Crippen molar-refractivity contribution in [1.82, 2.24) is 5.32 Å². The van der Waals surface area contributed by atoms with Crippen molar-refractivity contribution in [3.8, 4) is 11.8 Å². The number of carbonyl (C=O) groups is 1. The molecule has 0 unspecified atom stereocenters. The van der Waals surface area contributed by atoms with Gasteiger partial charge in [0.1, 0.15) is 17.4 Å². The second-order valence-corrected chi connectivity index (χ2v) is 4.76. The van der Waals surface area contributed by atoms with Gasteiger partial charge >= 0.3 is 0 Å². The maximum atomic E-state index is 11.9. The number of benzene rings is 1. The third kappa shape index (κ3) is 6.48. The zero-order valence-corrected chi connectivity index (χ0v) is 14.1. The van der Waals surface area contributed by atoms with Crippen LogP contribution >= 0.6 is 0 Å². The lowest BCUT2D eigenvalue weighted by molar-refractivity contribution is -0.384. The molecular weight excluding hydrogens is 328 g/mol. The van der Waals surface area contributed by atoms with Crippen molar-refractivity contribution in [3.05, 3.63) is 40.1 Å². The van der Waals surface area contributed by atoms with Crippen molar-refractivity contribution in [1.29, 1.82) is 5.26 Å². The number of rotatable bonds is 10. The van der Waals surface area contributed by atoms with E-state index in [2.05, 4.69) is 10.6 Å². The summed E-state index contributed by atoms with van der Waals surface area (Å²) >= 11 is 0. The van der Waals surface area contributed by atoms with E-state index < -0.39 is 10.8 Å². The average molecular weight is 348 g/mol. The topological polar surface area (TPSA) is 127 Å². The number of amides is 1. The summed E-state index contributed by atoms with van der Waals surface area (Å²) in [6.45, 7) is 3.41. The normalized spacial score (nSPS) is 10.7. The van der Waals surface area contributed by atoms with E-state index in [0.29, 0.717) is 31.9 Å². The second-order valence-electron chi connectivity index (χ2n) is 4.76. The molecule has 0 aliphatic heterocycles. The first-order chi connectivity index (χ1) is 12.0. The van der Waals surface area contributed by atoms with Gasteiger partial charge in [0.2, 0.25) is 0 Å². The van der Waals surface area contributed by atoms with Crippen LogP contribution in [-0.4, -0.2) is 37.7 Å². The van der Waals surface area contributed by atoms with Gasteiger partial charge in [-0.15, -0.1) is 0 Å². The van der Waals surface area contributed by atoms with Crippen molar-refractivity contribution < 1.29 is 19.2 Å². The van der Waals surface area contributed by atoms with Crippen LogP contribution in [0.25, 0.3) is 0 Å². The third-order valence-corrected chi connectivity index (χ3v) is 3.09. The molecule has 0 radical (unpaired) electrons. The summed E-state index contributed by atoms with van der Waals surface area (Å²) in [6.07, 6.45) is 1.86. The largest absolute Gasteiger partial charge is 0.494 e. The van der Waals surface area contributed by atoms with Gasteiger partial charge in [-0.2, -0.15) is 5.26 Å². The van der Waals surface area contributed by atoms with Crippen LogP contribution in [0.1, 0.15) is 13.3 Å². The van der Waals surface area contributed by atoms with Crippen molar-refractivity contribution >= 4 is 17.3 Å². The van der Waals surface area contributed by atoms with Gasteiger partial charge in [0, 0.05) is 32.0 Å². The molecule has 0 fully saturated rings. The van der Waals surface area contributed by atoms with Crippen LogP contribution in [0.3, 0.4) is 0 Å². The van der Waals surface area contributed by atoms with Crippen molar-refractivity contribution in [3.63, 3.8) is 0 Å². The number of anilines is 1. The highest BCUT2D eigenvalue weighted by molar-refractivity contribution is 5.97. The molecule has 1 aromatic carbocycles. The summed E-state index contributed by atoms with van der Waals surface area (Å²) in [5.74, 6) is -0.299. The Bertz CT molecular complexity index is 682. The lowest BCUT2D eigenvalue weighted by Gasteiger charge is -2.09. The standard InChI is InChI=1S/C16H20N4O5/c1-3-25-8-4-7-18-16(21)12(10-17)11-19-14-6-5-13(20(22)23)9-15(14)24-2/h5-6,9,11,19H,3-4,7-8H2,1-2H3,(H,18,21)/b12-11-. The molecule has 9 nitrogen and oxygen atoms in total. The summed E-state index contributed by atoms with van der Waals surface area (Å²) in [6, 6.07) is 5.77. The molecule has 1 rings (SSSR count). The highest BCUT2D eigenvalue weighted by Crippen LogP contribution is 2.29. The molecule has 0 aliphatic carbocycles. The minimum Gasteiger partial charge on any atom is -0.494 e. The van der Waals surface area contributed by atoms with E-state index >= 15 is 0 Å². The molecule has 1 aromatic rings. The van der Waals surface area contributed by atoms with Gasteiger partial charge in [0.05, 0.1) is 23.8 Å². The lowest BCUT2D eigenvalue weighted by Crippen LogP contribution is -2.26. The van der Waals surface area contributed by atoms with E-state index in [-0.39, 0.29) is 17.0 Å². The molecule has 0 aromatic heterocycles. The number of nitriles is 1. The number of non-ortho nitro benzene ring substituents is 1. The third-order valence-electron chi connectivity index (χ3n) is 3.09. The average Bonchev–Trinajstić information content (AvgIpc) is 2.61. The molecule has 0 spiro atoms. The van der Waals surface area contributed by atoms with E-state index in [0.717, 1.165) is 0 Å². The fourth-order valence-electron chi connectivity index (χ4n) is 1.83. The van der Waals surface area contributed by atoms with Crippen molar-refractivity contribution in [2.45, 2.75) is 13.3 Å². The number of hydrogen-bond acceptors (Lipinski definition) is 7. The Morgan fingerprint density at radius 1 is 1.48 bits per heavy atom. The molecule has 0 atom stereocenters. The number of ether oxygens (including phenoxy) is 2. The molecule has 0 saturated heterocycles. The first-order valence-corrected chi connectivity index (χ1v) is 7.58. The van der Waals surface area contributed by atoms with E-state index in [1.54, 1.807) is 6.07 Å². The minimum atomic E-state index is -0.543. The number of hydrogen-bond donors (Lipinski definition) is 2. The number of nitrogens with zero attached hydrogens (tertiary/aromatic N) is 2. The van der Waals surface area contributed by atoms with E-state index in [1.165, 1.54) is 31.5 Å². The maximum absolute atomic E-state index is 11.9. The highest BCUT2D eigenvalue weighted by atomic mass is 16.6. The van der Waals surface area contributed by atoms with Crippen LogP contribution in [0.15, 0.2) is 30.0 Å². The summed E-state index contributed by atoms with van der Waals surface area (Å²) < 4.78 is 10.2. The van der Waals surface area contributed by atoms with E-state index in [1.807, 2.05) is 6.92 Å². The van der Waals surface area contributed by atoms with Crippen LogP contribution < -0.4 is 15.4 Å². The Hall–Kier alpha value is -3.12. The van der Waals surface area contributed by atoms with Gasteiger partial charge < -0.3 is 20.1 Å². The molecule has 134 valence electrons. The molecule has 2 N–H and O–H groups in total. The van der Waals surface area contributed by atoms with Crippen LogP contribution in [0.5, 0.6) is 5.75 Å². The summed E-state index contributed by atoms with van der Waals surface area (Å²) in [5, 5.41) is 25.2. The number of methoxy groups -OCH3 is 1. The highest BCUT2D eigenvalue weighted by Gasteiger charge is 2.12. The van der Waals surface area contributed by atoms with Gasteiger partial charge in [0.25, 0.3) is 11.6 Å². The molecule has 1 amide bonds. The second kappa shape index (κ2) is 10.6. The predicted molar refractivity (Wildman–Crippen MR) is 91.1 cm³/mol. The van der Waals surface area contributed by atoms with Crippen LogP contribution in [-0.2, 0) is 9.53 Å². The molecule has 0 saturated carbocycles. The Labute approximate surface area is 145 Å². The summed E-state index contributed by atoms with van der Waals surface area (Å²) in [4.78, 5) is 22.1. The van der Waals surface area contributed by atoms with E-state index in [4.69, 9.17) is 14.7 Å². The summed E-state index contributed by atoms with van der Waals surface area (Å²) in [5.41, 5.74) is 0.140. The van der Waals surface area contributed by atoms with Gasteiger partial charge in [-0.05, 0) is 19.4 Å². The molecule has 0 bridgehead atoms. The lowest BCUT2D eigenvalue weighted by atomic mass is 10.2. The van der Waals surface area contributed by atoms with Crippen molar-refractivity contribution in [2.75, 3.05) is 32.2 Å². The predicted octanol–water partition coefficient (Wildman–Crippen LogP) is 1.97.